The molecule has 0 unspecified atom stereocenters. The first kappa shape index (κ1) is 28.4. The molecule has 0 bridgehead atoms. The van der Waals surface area contributed by atoms with Crippen LogP contribution in [-0.2, 0) is 66.6 Å². The molecule has 0 amide bonds. The summed E-state index contributed by atoms with van der Waals surface area (Å²) in [5.74, 6) is -3.56. The normalized spacial score (nSPS) is 32.6. The van der Waals surface area contributed by atoms with Gasteiger partial charge in [-0.2, -0.15) is 0 Å². The minimum absolute atomic E-state index is 0.167. The predicted molar refractivity (Wildman–Crippen MR) is 109 cm³/mol. The second kappa shape index (κ2) is 12.8. The van der Waals surface area contributed by atoms with E-state index in [1.807, 2.05) is 0 Å². The van der Waals surface area contributed by atoms with Gasteiger partial charge in [0.2, 0.25) is 0 Å². The van der Waals surface area contributed by atoms with Crippen LogP contribution in [0.5, 0.6) is 0 Å². The molecule has 8 atom stereocenters. The van der Waals surface area contributed by atoms with Crippen molar-refractivity contribution in [1.29, 1.82) is 0 Å². The van der Waals surface area contributed by atoms with Gasteiger partial charge < -0.3 is 42.6 Å². The van der Waals surface area contributed by atoms with Crippen LogP contribution in [0.4, 0.5) is 0 Å². The van der Waals surface area contributed by atoms with E-state index in [-0.39, 0.29) is 13.2 Å². The summed E-state index contributed by atoms with van der Waals surface area (Å²) in [7, 11) is 1.31. The molecule has 0 aromatic heterocycles. The van der Waals surface area contributed by atoms with Crippen LogP contribution in [0.15, 0.2) is 0 Å². The maximum atomic E-state index is 11.9. The first-order chi connectivity index (χ1) is 16.4. The fourth-order valence-electron chi connectivity index (χ4n) is 3.72. The van der Waals surface area contributed by atoms with Crippen LogP contribution in [0.1, 0.15) is 34.6 Å². The maximum absolute atomic E-state index is 11.9. The third kappa shape index (κ3) is 8.13. The molecule has 2 aliphatic rings. The minimum Gasteiger partial charge on any atom is -0.456 e. The average Bonchev–Trinajstić information content (AvgIpc) is 2.72. The van der Waals surface area contributed by atoms with E-state index in [0.29, 0.717) is 0 Å². The van der Waals surface area contributed by atoms with Crippen molar-refractivity contribution in [3.05, 3.63) is 0 Å². The van der Waals surface area contributed by atoms with E-state index in [2.05, 4.69) is 0 Å². The van der Waals surface area contributed by atoms with Crippen LogP contribution in [0.25, 0.3) is 0 Å². The third-order valence-corrected chi connectivity index (χ3v) is 4.83. The number of hydrogen-bond acceptors (Lipinski definition) is 14. The number of hydrogen-bond donors (Lipinski definition) is 0. The summed E-state index contributed by atoms with van der Waals surface area (Å²) in [6.07, 6.45) is -9.84. The van der Waals surface area contributed by atoms with E-state index < -0.39 is 79.1 Å². The zero-order valence-corrected chi connectivity index (χ0v) is 20.2. The number of carbonyl (C=O) groups is 5. The Morgan fingerprint density at radius 3 is 1.31 bits per heavy atom. The minimum atomic E-state index is -1.42. The van der Waals surface area contributed by atoms with Gasteiger partial charge in [0.05, 0.1) is 13.2 Å². The quantitative estimate of drug-likeness (QED) is 0.302. The molecule has 2 rings (SSSR count). The van der Waals surface area contributed by atoms with Crippen molar-refractivity contribution in [2.24, 2.45) is 0 Å². The Bertz CT molecular complexity index is 797. The van der Waals surface area contributed by atoms with Crippen molar-refractivity contribution in [2.75, 3.05) is 20.3 Å². The summed E-state index contributed by atoms with van der Waals surface area (Å²) in [5.41, 5.74) is 0. The number of methoxy groups -OCH3 is 1. The molecular weight excluding hydrogens is 476 g/mol. The molecule has 2 aliphatic heterocycles. The highest BCUT2D eigenvalue weighted by molar-refractivity contribution is 5.68. The van der Waals surface area contributed by atoms with Crippen LogP contribution >= 0.6 is 0 Å². The fourth-order valence-corrected chi connectivity index (χ4v) is 3.72. The highest BCUT2D eigenvalue weighted by Gasteiger charge is 2.52. The van der Waals surface area contributed by atoms with Crippen LogP contribution in [-0.4, -0.2) is 99.4 Å². The number of ether oxygens (including phenoxy) is 9. The van der Waals surface area contributed by atoms with Gasteiger partial charge >= 0.3 is 29.8 Å². The Hall–Kier alpha value is -2.81. The molecule has 0 N–H and O–H groups in total. The summed E-state index contributed by atoms with van der Waals surface area (Å²) >= 11 is 0. The summed E-state index contributed by atoms with van der Waals surface area (Å²) in [4.78, 5) is 58.5. The van der Waals surface area contributed by atoms with Crippen LogP contribution in [0, 0.1) is 0 Å². The SMILES string of the molecule is CO[C@@H]1OC[C@@H](OC(C)=O)[C@@H](OC(C)=O)[C@@H]1O[C@H]1OC[C@@H](OC(C)=O)[C@H](OC(C)=O)[C@@H]1OC(C)=O. The Balaban J connectivity index is 2.40. The zero-order chi connectivity index (χ0) is 26.3. The Morgan fingerprint density at radius 2 is 0.914 bits per heavy atom. The fraction of sp³-hybridized carbons (Fsp3) is 0.762. The Kier molecular flexibility index (Phi) is 10.4. The molecule has 0 spiro atoms. The molecule has 2 fully saturated rings. The van der Waals surface area contributed by atoms with E-state index in [4.69, 9.17) is 42.6 Å². The molecule has 0 aromatic carbocycles. The van der Waals surface area contributed by atoms with Gasteiger partial charge in [-0.05, 0) is 0 Å². The summed E-state index contributed by atoms with van der Waals surface area (Å²) < 4.78 is 48.8. The number of carbonyl (C=O) groups excluding carboxylic acids is 5. The Morgan fingerprint density at radius 1 is 0.543 bits per heavy atom. The maximum Gasteiger partial charge on any atom is 0.303 e. The topological polar surface area (TPSA) is 168 Å². The van der Waals surface area contributed by atoms with Crippen LogP contribution in [0.2, 0.25) is 0 Å². The van der Waals surface area contributed by atoms with Crippen molar-refractivity contribution < 1.29 is 66.6 Å². The predicted octanol–water partition coefficient (Wildman–Crippen LogP) is -0.611. The second-order valence-corrected chi connectivity index (χ2v) is 7.76. The van der Waals surface area contributed by atoms with E-state index in [0.717, 1.165) is 27.7 Å². The van der Waals surface area contributed by atoms with Gasteiger partial charge in [0.1, 0.15) is 0 Å². The summed E-state index contributed by atoms with van der Waals surface area (Å²) in [6.45, 7) is 5.24. The second-order valence-electron chi connectivity index (χ2n) is 7.76. The van der Waals surface area contributed by atoms with Gasteiger partial charge in [-0.15, -0.1) is 0 Å². The molecular formula is C21H30O14. The molecule has 0 aliphatic carbocycles. The average molecular weight is 506 g/mol. The van der Waals surface area contributed by atoms with E-state index >= 15 is 0 Å². The first-order valence-corrected chi connectivity index (χ1v) is 10.7. The van der Waals surface area contributed by atoms with Gasteiger partial charge in [-0.3, -0.25) is 24.0 Å². The molecule has 198 valence electrons. The lowest BCUT2D eigenvalue weighted by atomic mass is 10.0. The van der Waals surface area contributed by atoms with Crippen molar-refractivity contribution in [3.8, 4) is 0 Å². The van der Waals surface area contributed by atoms with Gasteiger partial charge in [0.25, 0.3) is 0 Å². The highest BCUT2D eigenvalue weighted by atomic mass is 16.8. The van der Waals surface area contributed by atoms with Crippen molar-refractivity contribution in [3.63, 3.8) is 0 Å². The smallest absolute Gasteiger partial charge is 0.303 e. The molecule has 35 heavy (non-hydrogen) atoms. The van der Waals surface area contributed by atoms with E-state index in [9.17, 15) is 24.0 Å². The van der Waals surface area contributed by atoms with Gasteiger partial charge in [-0.1, -0.05) is 0 Å². The Labute approximate surface area is 201 Å². The van der Waals surface area contributed by atoms with Gasteiger partial charge in [0, 0.05) is 41.7 Å². The lowest BCUT2D eigenvalue weighted by Crippen LogP contribution is -2.63. The monoisotopic (exact) mass is 506 g/mol. The molecule has 14 heteroatoms. The number of esters is 5. The van der Waals surface area contributed by atoms with Gasteiger partial charge in [-0.25, -0.2) is 0 Å². The lowest BCUT2D eigenvalue weighted by Gasteiger charge is -2.45. The van der Waals surface area contributed by atoms with E-state index in [1.54, 1.807) is 0 Å². The lowest BCUT2D eigenvalue weighted by molar-refractivity contribution is -0.342. The molecule has 0 saturated carbocycles. The summed E-state index contributed by atoms with van der Waals surface area (Å²) in [6, 6.07) is 0. The summed E-state index contributed by atoms with van der Waals surface area (Å²) in [5, 5.41) is 0. The van der Waals surface area contributed by atoms with E-state index in [1.165, 1.54) is 14.0 Å². The zero-order valence-electron chi connectivity index (χ0n) is 20.2. The van der Waals surface area contributed by atoms with Crippen molar-refractivity contribution in [1.82, 2.24) is 0 Å². The molecule has 14 nitrogen and oxygen atoms in total. The molecule has 0 radical (unpaired) electrons. The first-order valence-electron chi connectivity index (χ1n) is 10.7. The number of rotatable bonds is 8. The van der Waals surface area contributed by atoms with Crippen molar-refractivity contribution in [2.45, 2.75) is 83.8 Å². The van der Waals surface area contributed by atoms with Crippen molar-refractivity contribution >= 4 is 29.8 Å². The van der Waals surface area contributed by atoms with Crippen LogP contribution in [0.3, 0.4) is 0 Å². The molecule has 0 aromatic rings. The van der Waals surface area contributed by atoms with Gasteiger partial charge in [0.15, 0.2) is 49.2 Å². The standard InChI is InChI=1S/C21H30O14/c1-9(22)30-14-7-28-20(27-6)18(16(14)32-11(3)24)35-21-19(34-13(5)26)17(33-12(4)25)15(8-29-21)31-10(2)23/h14-21H,7-8H2,1-6H3/t14-,15-,16-,17+,18+,19+,20-,21-/m1/s1. The van der Waals surface area contributed by atoms with Crippen LogP contribution < -0.4 is 0 Å². The highest BCUT2D eigenvalue weighted by Crippen LogP contribution is 2.31. The molecule has 2 saturated heterocycles. The third-order valence-electron chi connectivity index (χ3n) is 4.83. The largest absolute Gasteiger partial charge is 0.456 e. The molecule has 2 heterocycles.